The summed E-state index contributed by atoms with van der Waals surface area (Å²) in [6, 6.07) is 5.52. The van der Waals surface area contributed by atoms with E-state index in [0.29, 0.717) is 10.6 Å². The predicted molar refractivity (Wildman–Crippen MR) is 88.7 cm³/mol. The zero-order valence-electron chi connectivity index (χ0n) is 15.3. The first-order valence-corrected chi connectivity index (χ1v) is 7.76. The highest BCUT2D eigenvalue weighted by Gasteiger charge is 2.32. The lowest BCUT2D eigenvalue weighted by Gasteiger charge is -2.30. The Labute approximate surface area is 147 Å². The van der Waals surface area contributed by atoms with Crippen LogP contribution in [0.1, 0.15) is 52.7 Å². The van der Waals surface area contributed by atoms with E-state index in [4.69, 9.17) is 14.8 Å². The third-order valence-electron chi connectivity index (χ3n) is 2.66. The quantitative estimate of drug-likeness (QED) is 0.776. The Bertz CT molecular complexity index is 696. The van der Waals surface area contributed by atoms with Crippen LogP contribution in [0.5, 0.6) is 0 Å². The minimum Gasteiger partial charge on any atom is -0.442 e. The summed E-state index contributed by atoms with van der Waals surface area (Å²) < 4.78 is 18.9. The largest absolute Gasteiger partial charge is 0.442 e. The molecule has 0 aliphatic heterocycles. The standard InChI is InChI=1S/C18H23FN2O4/c1-17(2,3)24-16(23)21(25-18(4,5)6)15(22)10-12-7-8-13(11-20)14(19)9-12/h7-9H,10H2,1-6H3. The summed E-state index contributed by atoms with van der Waals surface area (Å²) in [5.41, 5.74) is -1.43. The van der Waals surface area contributed by atoms with Crippen LogP contribution in [0.2, 0.25) is 0 Å². The summed E-state index contributed by atoms with van der Waals surface area (Å²) in [4.78, 5) is 30.2. The van der Waals surface area contributed by atoms with Gasteiger partial charge in [-0.05, 0) is 59.2 Å². The molecule has 0 N–H and O–H groups in total. The first-order chi connectivity index (χ1) is 11.3. The maximum Gasteiger partial charge on any atom is 0.442 e. The van der Waals surface area contributed by atoms with E-state index in [0.717, 1.165) is 6.07 Å². The highest BCUT2D eigenvalue weighted by Crippen LogP contribution is 2.18. The third-order valence-corrected chi connectivity index (χ3v) is 2.66. The van der Waals surface area contributed by atoms with Crippen LogP contribution in [0.3, 0.4) is 0 Å². The maximum atomic E-state index is 13.7. The highest BCUT2D eigenvalue weighted by atomic mass is 19.1. The average molecular weight is 350 g/mol. The molecular formula is C18H23FN2O4. The number of hydrogen-bond acceptors (Lipinski definition) is 5. The monoisotopic (exact) mass is 350 g/mol. The van der Waals surface area contributed by atoms with E-state index in [1.165, 1.54) is 12.1 Å². The molecule has 25 heavy (non-hydrogen) atoms. The molecule has 0 saturated carbocycles. The van der Waals surface area contributed by atoms with E-state index in [1.54, 1.807) is 47.6 Å². The number of hydroxylamine groups is 2. The molecule has 1 aromatic rings. The molecule has 0 fully saturated rings. The van der Waals surface area contributed by atoms with E-state index >= 15 is 0 Å². The topological polar surface area (TPSA) is 79.6 Å². The molecule has 0 aromatic heterocycles. The van der Waals surface area contributed by atoms with Crippen molar-refractivity contribution in [3.8, 4) is 6.07 Å². The Kier molecular flexibility index (Phi) is 6.27. The number of ether oxygens (including phenoxy) is 1. The SMILES string of the molecule is CC(C)(C)OC(=O)N(OC(C)(C)C)C(=O)Cc1ccc(C#N)c(F)c1. The summed E-state index contributed by atoms with van der Waals surface area (Å²) in [6.45, 7) is 10.0. The van der Waals surface area contributed by atoms with Gasteiger partial charge in [0.05, 0.1) is 17.6 Å². The predicted octanol–water partition coefficient (Wildman–Crippen LogP) is 3.73. The number of carbonyl (C=O) groups is 2. The average Bonchev–Trinajstić information content (AvgIpc) is 2.42. The fourth-order valence-corrected chi connectivity index (χ4v) is 1.77. The molecule has 6 nitrogen and oxygen atoms in total. The Hall–Kier alpha value is -2.46. The zero-order chi connectivity index (χ0) is 19.4. The molecule has 0 heterocycles. The number of halogens is 1. The molecule has 0 saturated heterocycles. The van der Waals surface area contributed by atoms with Crippen molar-refractivity contribution in [2.24, 2.45) is 0 Å². The molecule has 0 radical (unpaired) electrons. The summed E-state index contributed by atoms with van der Waals surface area (Å²) in [6.07, 6.45) is -1.22. The third kappa shape index (κ3) is 6.89. The van der Waals surface area contributed by atoms with Gasteiger partial charge in [0.1, 0.15) is 17.5 Å². The molecule has 1 rings (SSSR count). The molecule has 0 aliphatic rings. The van der Waals surface area contributed by atoms with Crippen LogP contribution in [0.25, 0.3) is 0 Å². The first-order valence-electron chi connectivity index (χ1n) is 7.76. The Morgan fingerprint density at radius 1 is 1.16 bits per heavy atom. The van der Waals surface area contributed by atoms with Gasteiger partial charge in [-0.25, -0.2) is 9.18 Å². The number of benzene rings is 1. The second-order valence-electron chi connectivity index (χ2n) is 7.47. The van der Waals surface area contributed by atoms with Gasteiger partial charge in [-0.2, -0.15) is 5.26 Å². The van der Waals surface area contributed by atoms with Gasteiger partial charge >= 0.3 is 6.09 Å². The van der Waals surface area contributed by atoms with Gasteiger partial charge in [0.15, 0.2) is 0 Å². The number of rotatable bonds is 3. The number of nitriles is 1. The summed E-state index contributed by atoms with van der Waals surface area (Å²) in [7, 11) is 0. The molecule has 1 aromatic carbocycles. The van der Waals surface area contributed by atoms with Crippen LogP contribution >= 0.6 is 0 Å². The van der Waals surface area contributed by atoms with Gasteiger partial charge in [0.25, 0.3) is 5.91 Å². The van der Waals surface area contributed by atoms with Crippen molar-refractivity contribution in [3.05, 3.63) is 35.1 Å². The molecule has 0 bridgehead atoms. The number of nitrogens with zero attached hydrogens (tertiary/aromatic N) is 2. The van der Waals surface area contributed by atoms with Crippen LogP contribution in [0.15, 0.2) is 18.2 Å². The minimum atomic E-state index is -0.943. The normalized spacial score (nSPS) is 11.6. The second-order valence-corrected chi connectivity index (χ2v) is 7.47. The Balaban J connectivity index is 3.01. The smallest absolute Gasteiger partial charge is 0.442 e. The molecule has 0 aliphatic carbocycles. The van der Waals surface area contributed by atoms with Crippen LogP contribution in [0, 0.1) is 17.1 Å². The zero-order valence-corrected chi connectivity index (χ0v) is 15.3. The van der Waals surface area contributed by atoms with Gasteiger partial charge < -0.3 is 4.74 Å². The van der Waals surface area contributed by atoms with Gasteiger partial charge in [-0.1, -0.05) is 6.07 Å². The first kappa shape index (κ1) is 20.6. The van der Waals surface area contributed by atoms with Crippen molar-refractivity contribution in [1.29, 1.82) is 5.26 Å². The van der Waals surface area contributed by atoms with Gasteiger partial charge in [0.2, 0.25) is 0 Å². The van der Waals surface area contributed by atoms with E-state index in [9.17, 15) is 14.0 Å². The Morgan fingerprint density at radius 3 is 2.20 bits per heavy atom. The van der Waals surface area contributed by atoms with Crippen molar-refractivity contribution in [2.45, 2.75) is 59.2 Å². The summed E-state index contributed by atoms with van der Waals surface area (Å²) in [5.74, 6) is -1.43. The van der Waals surface area contributed by atoms with E-state index in [2.05, 4.69) is 0 Å². The van der Waals surface area contributed by atoms with Crippen molar-refractivity contribution in [2.75, 3.05) is 0 Å². The Morgan fingerprint density at radius 2 is 1.76 bits per heavy atom. The fourth-order valence-electron chi connectivity index (χ4n) is 1.77. The minimum absolute atomic E-state index is 0.119. The molecule has 7 heteroatoms. The van der Waals surface area contributed by atoms with Crippen LogP contribution < -0.4 is 0 Å². The van der Waals surface area contributed by atoms with Crippen LogP contribution in [-0.2, 0) is 20.8 Å². The van der Waals surface area contributed by atoms with Crippen molar-refractivity contribution in [3.63, 3.8) is 0 Å². The molecule has 0 spiro atoms. The van der Waals surface area contributed by atoms with E-state index < -0.39 is 29.0 Å². The van der Waals surface area contributed by atoms with E-state index in [1.807, 2.05) is 0 Å². The lowest BCUT2D eigenvalue weighted by Crippen LogP contribution is -2.45. The van der Waals surface area contributed by atoms with Gasteiger partial charge in [-0.3, -0.25) is 9.63 Å². The summed E-state index contributed by atoms with van der Waals surface area (Å²) in [5, 5.41) is 9.30. The molecule has 2 amide bonds. The lowest BCUT2D eigenvalue weighted by molar-refractivity contribution is -0.213. The molecule has 0 atom stereocenters. The van der Waals surface area contributed by atoms with Crippen LogP contribution in [-0.4, -0.2) is 28.3 Å². The van der Waals surface area contributed by atoms with Gasteiger partial charge in [0, 0.05) is 0 Å². The lowest BCUT2D eigenvalue weighted by atomic mass is 10.1. The number of imide groups is 1. The number of carbonyl (C=O) groups excluding carboxylic acids is 2. The fraction of sp³-hybridized carbons (Fsp3) is 0.500. The molecule has 136 valence electrons. The van der Waals surface area contributed by atoms with Crippen LogP contribution in [0.4, 0.5) is 9.18 Å². The highest BCUT2D eigenvalue weighted by molar-refractivity contribution is 5.91. The maximum absolute atomic E-state index is 13.7. The summed E-state index contributed by atoms with van der Waals surface area (Å²) >= 11 is 0. The van der Waals surface area contributed by atoms with Crippen molar-refractivity contribution < 1.29 is 23.6 Å². The number of hydrogen-bond donors (Lipinski definition) is 0. The van der Waals surface area contributed by atoms with Gasteiger partial charge in [-0.15, -0.1) is 5.06 Å². The van der Waals surface area contributed by atoms with Crippen molar-refractivity contribution in [1.82, 2.24) is 5.06 Å². The molecular weight excluding hydrogens is 327 g/mol. The van der Waals surface area contributed by atoms with E-state index in [-0.39, 0.29) is 12.0 Å². The molecule has 0 unspecified atom stereocenters. The number of amides is 2. The second kappa shape index (κ2) is 7.62. The van der Waals surface area contributed by atoms with Crippen molar-refractivity contribution >= 4 is 12.0 Å².